The van der Waals surface area contributed by atoms with Crippen LogP contribution >= 0.6 is 0 Å². The topological polar surface area (TPSA) is 74.2 Å². The van der Waals surface area contributed by atoms with E-state index in [2.05, 4.69) is 10.6 Å². The highest BCUT2D eigenvalue weighted by Gasteiger charge is 2.09. The molecule has 0 fully saturated rings. The van der Waals surface area contributed by atoms with E-state index in [1.54, 1.807) is 6.20 Å². The van der Waals surface area contributed by atoms with Gasteiger partial charge in [0.15, 0.2) is 0 Å². The Morgan fingerprint density at radius 1 is 1.12 bits per heavy atom. The number of ether oxygens (including phenoxy) is 1. The Kier molecular flexibility index (Phi) is 6.58. The third-order valence-electron chi connectivity index (χ3n) is 3.17. The first-order valence-corrected chi connectivity index (χ1v) is 7.76. The second-order valence-corrected chi connectivity index (χ2v) is 5.02. The van der Waals surface area contributed by atoms with Crippen LogP contribution in [0.15, 0.2) is 66.9 Å². The standard InChI is InChI=1S/C19H21N3O2/c1-2-24-17-11-7-6-8-15(17)14-19(23)22-18(20)12-13-21-16-9-4-3-5-10-16/h3-13,21H,2,14H2,1H3,(H2,20,22,23)/b13-12-. The number of anilines is 1. The molecule has 124 valence electrons. The first kappa shape index (κ1) is 17.3. The van der Waals surface area contributed by atoms with Crippen molar-refractivity contribution in [3.8, 4) is 5.75 Å². The van der Waals surface area contributed by atoms with Crippen molar-refractivity contribution in [2.24, 2.45) is 0 Å². The molecule has 0 saturated heterocycles. The number of benzene rings is 2. The average molecular weight is 323 g/mol. The highest BCUT2D eigenvalue weighted by atomic mass is 16.5. The van der Waals surface area contributed by atoms with Crippen molar-refractivity contribution < 1.29 is 9.53 Å². The van der Waals surface area contributed by atoms with E-state index < -0.39 is 0 Å². The molecule has 0 aliphatic carbocycles. The van der Waals surface area contributed by atoms with Gasteiger partial charge in [0.05, 0.1) is 13.0 Å². The van der Waals surface area contributed by atoms with Gasteiger partial charge < -0.3 is 15.4 Å². The molecule has 2 rings (SSSR count). The lowest BCUT2D eigenvalue weighted by molar-refractivity contribution is -0.119. The molecule has 3 N–H and O–H groups in total. The maximum Gasteiger partial charge on any atom is 0.230 e. The highest BCUT2D eigenvalue weighted by molar-refractivity contribution is 6.03. The molecule has 2 aromatic rings. The molecule has 5 nitrogen and oxygen atoms in total. The minimum atomic E-state index is -0.253. The third kappa shape index (κ3) is 5.61. The van der Waals surface area contributed by atoms with Crippen LogP contribution in [0.2, 0.25) is 0 Å². The molecule has 0 radical (unpaired) electrons. The molecule has 24 heavy (non-hydrogen) atoms. The van der Waals surface area contributed by atoms with Crippen molar-refractivity contribution in [3.05, 3.63) is 72.4 Å². The summed E-state index contributed by atoms with van der Waals surface area (Å²) >= 11 is 0. The smallest absolute Gasteiger partial charge is 0.230 e. The first-order chi connectivity index (χ1) is 11.7. The van der Waals surface area contributed by atoms with Crippen molar-refractivity contribution >= 4 is 17.4 Å². The Balaban J connectivity index is 1.84. The molecule has 0 spiro atoms. The quantitative estimate of drug-likeness (QED) is 0.540. The average Bonchev–Trinajstić information content (AvgIpc) is 2.58. The fourth-order valence-electron chi connectivity index (χ4n) is 2.11. The van der Waals surface area contributed by atoms with Crippen LogP contribution < -0.4 is 15.4 Å². The van der Waals surface area contributed by atoms with E-state index in [4.69, 9.17) is 10.1 Å². The van der Waals surface area contributed by atoms with Crippen LogP contribution in [0, 0.1) is 5.41 Å². The summed E-state index contributed by atoms with van der Waals surface area (Å²) in [5.74, 6) is 0.469. The predicted molar refractivity (Wildman–Crippen MR) is 96.4 cm³/mol. The summed E-state index contributed by atoms with van der Waals surface area (Å²) in [6.45, 7) is 2.44. The number of carbonyl (C=O) groups excluding carboxylic acids is 1. The summed E-state index contributed by atoms with van der Waals surface area (Å²) in [7, 11) is 0. The number of carbonyl (C=O) groups is 1. The SMILES string of the molecule is CCOc1ccccc1CC(=O)NC(=N)/C=C\Nc1ccccc1. The maximum absolute atomic E-state index is 12.1. The Morgan fingerprint density at radius 3 is 2.58 bits per heavy atom. The predicted octanol–water partition coefficient (Wildman–Crippen LogP) is 3.35. The van der Waals surface area contributed by atoms with Crippen LogP contribution in [0.25, 0.3) is 0 Å². The second-order valence-electron chi connectivity index (χ2n) is 5.02. The minimum Gasteiger partial charge on any atom is -0.494 e. The molecule has 0 aromatic heterocycles. The van der Waals surface area contributed by atoms with Gasteiger partial charge in [-0.2, -0.15) is 0 Å². The lowest BCUT2D eigenvalue weighted by Gasteiger charge is -2.09. The molecule has 0 heterocycles. The molecule has 2 aromatic carbocycles. The van der Waals surface area contributed by atoms with Crippen molar-refractivity contribution in [3.63, 3.8) is 0 Å². The number of rotatable bonds is 7. The van der Waals surface area contributed by atoms with Gasteiger partial charge in [-0.3, -0.25) is 10.2 Å². The fourth-order valence-corrected chi connectivity index (χ4v) is 2.11. The summed E-state index contributed by atoms with van der Waals surface area (Å²) < 4.78 is 5.50. The van der Waals surface area contributed by atoms with Crippen molar-refractivity contribution in [1.29, 1.82) is 5.41 Å². The number of hydrogen-bond donors (Lipinski definition) is 3. The largest absolute Gasteiger partial charge is 0.494 e. The second kappa shape index (κ2) is 9.15. The van der Waals surface area contributed by atoms with Gasteiger partial charge in [0, 0.05) is 17.5 Å². The van der Waals surface area contributed by atoms with Gasteiger partial charge in [0.25, 0.3) is 0 Å². The van der Waals surface area contributed by atoms with Crippen LogP contribution in [-0.2, 0) is 11.2 Å². The molecule has 0 saturated carbocycles. The Bertz CT molecular complexity index is 712. The minimum absolute atomic E-state index is 0.0253. The molecule has 5 heteroatoms. The summed E-state index contributed by atoms with van der Waals surface area (Å²) in [4.78, 5) is 12.1. The van der Waals surface area contributed by atoms with E-state index in [-0.39, 0.29) is 18.2 Å². The normalized spacial score (nSPS) is 10.4. The monoisotopic (exact) mass is 323 g/mol. The zero-order valence-corrected chi connectivity index (χ0v) is 13.6. The van der Waals surface area contributed by atoms with Crippen LogP contribution in [-0.4, -0.2) is 18.3 Å². The molecule has 1 amide bonds. The van der Waals surface area contributed by atoms with Crippen molar-refractivity contribution in [1.82, 2.24) is 5.32 Å². The summed E-state index contributed by atoms with van der Waals surface area (Å²) in [6.07, 6.45) is 3.28. The van der Waals surface area contributed by atoms with Gasteiger partial charge in [-0.25, -0.2) is 0 Å². The number of para-hydroxylation sites is 2. The van der Waals surface area contributed by atoms with Gasteiger partial charge in [0.2, 0.25) is 5.91 Å². The van der Waals surface area contributed by atoms with E-state index in [9.17, 15) is 4.79 Å². The van der Waals surface area contributed by atoms with Gasteiger partial charge in [-0.05, 0) is 31.2 Å². The Labute approximate surface area is 141 Å². The molecule has 0 unspecified atom stereocenters. The first-order valence-electron chi connectivity index (χ1n) is 7.76. The molecular weight excluding hydrogens is 302 g/mol. The zero-order valence-electron chi connectivity index (χ0n) is 13.6. The van der Waals surface area contributed by atoms with Gasteiger partial charge in [-0.15, -0.1) is 0 Å². The summed E-state index contributed by atoms with van der Waals surface area (Å²) in [5, 5.41) is 13.4. The number of nitrogens with one attached hydrogen (secondary N) is 3. The van der Waals surface area contributed by atoms with E-state index in [0.717, 1.165) is 11.3 Å². The molecule has 0 atom stereocenters. The zero-order chi connectivity index (χ0) is 17.2. The highest BCUT2D eigenvalue weighted by Crippen LogP contribution is 2.18. The van der Waals surface area contributed by atoms with Crippen LogP contribution in [0.4, 0.5) is 5.69 Å². The Hall–Kier alpha value is -3.08. The van der Waals surface area contributed by atoms with E-state index in [0.29, 0.717) is 12.4 Å². The Morgan fingerprint density at radius 2 is 1.83 bits per heavy atom. The van der Waals surface area contributed by atoms with Crippen LogP contribution in [0.3, 0.4) is 0 Å². The van der Waals surface area contributed by atoms with E-state index in [1.165, 1.54) is 6.08 Å². The molecule has 0 aliphatic rings. The van der Waals surface area contributed by atoms with Crippen LogP contribution in [0.5, 0.6) is 5.75 Å². The van der Waals surface area contributed by atoms with Gasteiger partial charge in [0.1, 0.15) is 11.6 Å². The molecule has 0 bridgehead atoms. The van der Waals surface area contributed by atoms with Gasteiger partial charge in [-0.1, -0.05) is 36.4 Å². The van der Waals surface area contributed by atoms with Crippen LogP contribution in [0.1, 0.15) is 12.5 Å². The lowest BCUT2D eigenvalue weighted by Crippen LogP contribution is -2.30. The van der Waals surface area contributed by atoms with E-state index in [1.807, 2.05) is 61.5 Å². The van der Waals surface area contributed by atoms with Crippen molar-refractivity contribution in [2.75, 3.05) is 11.9 Å². The fraction of sp³-hybridized carbons (Fsp3) is 0.158. The van der Waals surface area contributed by atoms with Crippen molar-refractivity contribution in [2.45, 2.75) is 13.3 Å². The maximum atomic E-state index is 12.1. The lowest BCUT2D eigenvalue weighted by atomic mass is 10.1. The summed E-state index contributed by atoms with van der Waals surface area (Å²) in [6, 6.07) is 17.0. The summed E-state index contributed by atoms with van der Waals surface area (Å²) in [5.41, 5.74) is 1.72. The molecule has 0 aliphatic heterocycles. The number of amides is 1. The molecular formula is C19H21N3O2. The van der Waals surface area contributed by atoms with E-state index >= 15 is 0 Å². The third-order valence-corrected chi connectivity index (χ3v) is 3.17. The number of amidine groups is 1. The van der Waals surface area contributed by atoms with Gasteiger partial charge >= 0.3 is 0 Å². The number of hydrogen-bond acceptors (Lipinski definition) is 4.